The molecule has 0 unspecified atom stereocenters. The lowest BCUT2D eigenvalue weighted by molar-refractivity contribution is 0.178. The maximum atomic E-state index is 5.70. The molecule has 0 aromatic carbocycles. The van der Waals surface area contributed by atoms with Crippen molar-refractivity contribution in [1.82, 2.24) is 19.6 Å². The first-order valence-electron chi connectivity index (χ1n) is 2.95. The number of hydrogen-bond acceptors (Lipinski definition) is 3. The van der Waals surface area contributed by atoms with Crippen LogP contribution in [0.1, 0.15) is 0 Å². The van der Waals surface area contributed by atoms with Crippen LogP contribution in [0, 0.1) is 0 Å². The summed E-state index contributed by atoms with van der Waals surface area (Å²) < 4.78 is 3.02. The van der Waals surface area contributed by atoms with Crippen LogP contribution in [0.15, 0.2) is 12.4 Å². The van der Waals surface area contributed by atoms with E-state index in [1.54, 1.807) is 19.5 Å². The molecule has 11 heavy (non-hydrogen) atoms. The third kappa shape index (κ3) is 0.775. The van der Waals surface area contributed by atoms with Gasteiger partial charge in [-0.15, -0.1) is 5.10 Å². The summed E-state index contributed by atoms with van der Waals surface area (Å²) in [5, 5.41) is 7.69. The van der Waals surface area contributed by atoms with Gasteiger partial charge in [-0.25, -0.2) is 0 Å². The van der Waals surface area contributed by atoms with E-state index in [4.69, 9.17) is 16.4 Å². The molecule has 5 nitrogen and oxygen atoms in total. The second-order valence-corrected chi connectivity index (χ2v) is 2.31. The molecule has 0 N–H and O–H groups in total. The van der Waals surface area contributed by atoms with Gasteiger partial charge in [0.1, 0.15) is 7.11 Å². The largest absolute Gasteiger partial charge is 0.415 e. The van der Waals surface area contributed by atoms with E-state index >= 15 is 0 Å². The Morgan fingerprint density at radius 1 is 1.55 bits per heavy atom. The van der Waals surface area contributed by atoms with Crippen molar-refractivity contribution in [3.05, 3.63) is 17.5 Å². The molecule has 0 amide bonds. The fraction of sp³-hybridized carbons (Fsp3) is 0.200. The Balaban J connectivity index is 2.80. The molecule has 0 spiro atoms. The van der Waals surface area contributed by atoms with Gasteiger partial charge in [0.25, 0.3) is 0 Å². The number of imidazole rings is 1. The Labute approximate surface area is 67.1 Å². The molecular weight excluding hydrogens is 168 g/mol. The summed E-state index contributed by atoms with van der Waals surface area (Å²) in [5.41, 5.74) is 0.633. The standard InChI is InChI=1S/C5H5ClN4O/c1-11-10-3-2-9-5(10)4(6)7-8-9/h2-3H,1H3. The van der Waals surface area contributed by atoms with Crippen molar-refractivity contribution in [3.8, 4) is 0 Å². The summed E-state index contributed by atoms with van der Waals surface area (Å²) in [7, 11) is 1.54. The monoisotopic (exact) mass is 172 g/mol. The first kappa shape index (κ1) is 6.48. The minimum Gasteiger partial charge on any atom is -0.415 e. The van der Waals surface area contributed by atoms with Crippen molar-refractivity contribution in [1.29, 1.82) is 0 Å². The van der Waals surface area contributed by atoms with Crippen LogP contribution in [0.5, 0.6) is 0 Å². The van der Waals surface area contributed by atoms with Gasteiger partial charge in [-0.05, 0) is 0 Å². The molecule has 2 rings (SSSR count). The molecule has 2 aromatic rings. The molecule has 0 saturated heterocycles. The summed E-state index contributed by atoms with van der Waals surface area (Å²) in [5.74, 6) is 0. The summed E-state index contributed by atoms with van der Waals surface area (Å²) in [6, 6.07) is 0. The van der Waals surface area contributed by atoms with E-state index in [0.29, 0.717) is 10.8 Å². The highest BCUT2D eigenvalue weighted by atomic mass is 35.5. The molecule has 2 aromatic heterocycles. The minimum absolute atomic E-state index is 0.330. The maximum absolute atomic E-state index is 5.70. The summed E-state index contributed by atoms with van der Waals surface area (Å²) >= 11 is 5.70. The topological polar surface area (TPSA) is 44.4 Å². The number of fused-ring (bicyclic) bond motifs is 1. The molecule has 0 radical (unpaired) electrons. The number of halogens is 1. The SMILES string of the molecule is COn1ccn2nnc(Cl)c12. The van der Waals surface area contributed by atoms with Crippen molar-refractivity contribution >= 4 is 17.2 Å². The number of rotatable bonds is 1. The normalized spacial score (nSPS) is 10.7. The number of nitrogens with zero attached hydrogens (tertiary/aromatic N) is 4. The van der Waals surface area contributed by atoms with Crippen LogP contribution in [0.25, 0.3) is 5.65 Å². The Morgan fingerprint density at radius 2 is 2.36 bits per heavy atom. The molecule has 0 fully saturated rings. The zero-order valence-corrected chi connectivity index (χ0v) is 6.49. The predicted molar refractivity (Wildman–Crippen MR) is 38.5 cm³/mol. The van der Waals surface area contributed by atoms with Crippen LogP contribution >= 0.6 is 11.6 Å². The third-order valence-corrected chi connectivity index (χ3v) is 1.62. The minimum atomic E-state index is 0.330. The molecule has 0 atom stereocenters. The molecule has 0 aliphatic carbocycles. The van der Waals surface area contributed by atoms with Crippen molar-refractivity contribution < 1.29 is 4.84 Å². The highest BCUT2D eigenvalue weighted by Crippen LogP contribution is 2.12. The Morgan fingerprint density at radius 3 is 3.09 bits per heavy atom. The highest BCUT2D eigenvalue weighted by molar-refractivity contribution is 6.32. The quantitative estimate of drug-likeness (QED) is 0.619. The van der Waals surface area contributed by atoms with Gasteiger partial charge < -0.3 is 4.84 Å². The first-order valence-corrected chi connectivity index (χ1v) is 3.33. The van der Waals surface area contributed by atoms with Crippen LogP contribution < -0.4 is 4.84 Å². The van der Waals surface area contributed by atoms with Crippen molar-refractivity contribution in [2.45, 2.75) is 0 Å². The van der Waals surface area contributed by atoms with Gasteiger partial charge in [-0.1, -0.05) is 16.8 Å². The first-order chi connectivity index (χ1) is 5.33. The summed E-state index contributed by atoms with van der Waals surface area (Å²) in [6.45, 7) is 0. The molecule has 0 bridgehead atoms. The molecule has 2 heterocycles. The highest BCUT2D eigenvalue weighted by Gasteiger charge is 2.07. The molecule has 0 aliphatic rings. The van der Waals surface area contributed by atoms with E-state index in [1.807, 2.05) is 0 Å². The zero-order chi connectivity index (χ0) is 7.84. The molecule has 6 heteroatoms. The van der Waals surface area contributed by atoms with E-state index in [0.717, 1.165) is 0 Å². The summed E-state index contributed by atoms with van der Waals surface area (Å²) in [6.07, 6.45) is 3.41. The average molecular weight is 173 g/mol. The van der Waals surface area contributed by atoms with Gasteiger partial charge in [0, 0.05) is 0 Å². The number of aromatic nitrogens is 4. The van der Waals surface area contributed by atoms with Gasteiger partial charge in [-0.3, -0.25) is 0 Å². The average Bonchev–Trinajstić information content (AvgIpc) is 2.54. The second-order valence-electron chi connectivity index (χ2n) is 1.95. The number of hydrogen-bond donors (Lipinski definition) is 0. The lowest BCUT2D eigenvalue weighted by Gasteiger charge is -1.96. The molecule has 0 saturated carbocycles. The second kappa shape index (κ2) is 2.13. The van der Waals surface area contributed by atoms with E-state index in [2.05, 4.69) is 10.3 Å². The lowest BCUT2D eigenvalue weighted by atomic mass is 10.8. The molecule has 58 valence electrons. The fourth-order valence-corrected chi connectivity index (χ4v) is 1.11. The van der Waals surface area contributed by atoms with Gasteiger partial charge in [0.2, 0.25) is 5.65 Å². The van der Waals surface area contributed by atoms with E-state index in [1.165, 1.54) is 9.25 Å². The van der Waals surface area contributed by atoms with Crippen LogP contribution in [0.4, 0.5) is 0 Å². The van der Waals surface area contributed by atoms with Crippen LogP contribution in [-0.2, 0) is 0 Å². The van der Waals surface area contributed by atoms with E-state index in [-0.39, 0.29) is 0 Å². The Kier molecular flexibility index (Phi) is 1.25. The maximum Gasteiger partial charge on any atom is 0.210 e. The fourth-order valence-electron chi connectivity index (χ4n) is 0.903. The third-order valence-electron chi connectivity index (χ3n) is 1.38. The van der Waals surface area contributed by atoms with Gasteiger partial charge in [0.15, 0.2) is 5.15 Å². The van der Waals surface area contributed by atoms with Crippen molar-refractivity contribution in [2.24, 2.45) is 0 Å². The van der Waals surface area contributed by atoms with Gasteiger partial charge >= 0.3 is 0 Å². The van der Waals surface area contributed by atoms with E-state index < -0.39 is 0 Å². The predicted octanol–water partition coefficient (Wildman–Crippen LogP) is 0.243. The lowest BCUT2D eigenvalue weighted by Crippen LogP contribution is -2.03. The van der Waals surface area contributed by atoms with Crippen LogP contribution in [-0.4, -0.2) is 26.7 Å². The Hall–Kier alpha value is -1.23. The Bertz CT molecular complexity index is 379. The van der Waals surface area contributed by atoms with Gasteiger partial charge in [-0.2, -0.15) is 9.25 Å². The zero-order valence-electron chi connectivity index (χ0n) is 5.73. The molecular formula is C5H5ClN4O. The molecule has 0 aliphatic heterocycles. The van der Waals surface area contributed by atoms with E-state index in [9.17, 15) is 0 Å². The van der Waals surface area contributed by atoms with Gasteiger partial charge in [0.05, 0.1) is 12.4 Å². The van der Waals surface area contributed by atoms with Crippen LogP contribution in [0.3, 0.4) is 0 Å². The smallest absolute Gasteiger partial charge is 0.210 e. The van der Waals surface area contributed by atoms with Crippen LogP contribution in [0.2, 0.25) is 5.15 Å². The van der Waals surface area contributed by atoms with Crippen molar-refractivity contribution in [3.63, 3.8) is 0 Å². The summed E-state index contributed by atoms with van der Waals surface area (Å²) in [4.78, 5) is 4.94. The van der Waals surface area contributed by atoms with Crippen molar-refractivity contribution in [2.75, 3.05) is 7.11 Å².